The van der Waals surface area contributed by atoms with Gasteiger partial charge in [0.1, 0.15) is 0 Å². The Kier molecular flexibility index (Phi) is 3.83. The van der Waals surface area contributed by atoms with Gasteiger partial charge in [0.05, 0.1) is 17.7 Å². The summed E-state index contributed by atoms with van der Waals surface area (Å²) >= 11 is 0. The Balaban J connectivity index is 1.73. The molecule has 1 aliphatic rings. The third kappa shape index (κ3) is 3.54. The maximum Gasteiger partial charge on any atom is 0.150 e. The molecule has 1 N–H and O–H groups in total. The molecule has 1 aromatic heterocycles. The number of nitrogens with zero attached hydrogens (tertiary/aromatic N) is 2. The highest BCUT2D eigenvalue weighted by Crippen LogP contribution is 2.17. The summed E-state index contributed by atoms with van der Waals surface area (Å²) in [5.41, 5.74) is 1.15. The van der Waals surface area contributed by atoms with Gasteiger partial charge < -0.3 is 5.32 Å². The van der Waals surface area contributed by atoms with Crippen LogP contribution in [0.15, 0.2) is 12.4 Å². The molecule has 17 heavy (non-hydrogen) atoms. The van der Waals surface area contributed by atoms with Gasteiger partial charge in [-0.2, -0.15) is 5.10 Å². The molecule has 6 heteroatoms. The molecule has 0 aromatic carbocycles. The summed E-state index contributed by atoms with van der Waals surface area (Å²) in [7, 11) is -2.75. The van der Waals surface area contributed by atoms with Crippen LogP contribution in [0, 0.1) is 5.92 Å². The van der Waals surface area contributed by atoms with Crippen molar-refractivity contribution in [2.75, 3.05) is 18.1 Å². The van der Waals surface area contributed by atoms with Crippen molar-refractivity contribution in [2.24, 2.45) is 5.92 Å². The number of aryl methyl sites for hydroxylation is 1. The fourth-order valence-electron chi connectivity index (χ4n) is 2.12. The quantitative estimate of drug-likeness (QED) is 0.830. The average molecular weight is 257 g/mol. The topological polar surface area (TPSA) is 64.0 Å². The molecule has 1 unspecified atom stereocenters. The van der Waals surface area contributed by atoms with Crippen molar-refractivity contribution in [1.82, 2.24) is 15.1 Å². The van der Waals surface area contributed by atoms with Gasteiger partial charge in [0.15, 0.2) is 9.84 Å². The summed E-state index contributed by atoms with van der Waals surface area (Å²) in [6, 6.07) is 0. The van der Waals surface area contributed by atoms with Crippen molar-refractivity contribution in [3.63, 3.8) is 0 Å². The van der Waals surface area contributed by atoms with Crippen LogP contribution in [0.25, 0.3) is 0 Å². The maximum absolute atomic E-state index is 11.3. The molecule has 0 spiro atoms. The first-order chi connectivity index (χ1) is 8.09. The number of hydrogen-bond acceptors (Lipinski definition) is 4. The fraction of sp³-hybridized carbons (Fsp3) is 0.727. The largest absolute Gasteiger partial charge is 0.312 e. The molecule has 2 rings (SSSR count). The highest BCUT2D eigenvalue weighted by Gasteiger charge is 2.27. The normalized spacial score (nSPS) is 23.0. The van der Waals surface area contributed by atoms with Crippen LogP contribution in [0.1, 0.15) is 18.9 Å². The van der Waals surface area contributed by atoms with Crippen molar-refractivity contribution in [1.29, 1.82) is 0 Å². The SMILES string of the molecule is CCn1cc(CNCC2CCS(=O)(=O)C2)cn1. The van der Waals surface area contributed by atoms with E-state index in [4.69, 9.17) is 0 Å². The summed E-state index contributed by atoms with van der Waals surface area (Å²) in [5.74, 6) is 0.975. The van der Waals surface area contributed by atoms with Crippen molar-refractivity contribution < 1.29 is 8.42 Å². The smallest absolute Gasteiger partial charge is 0.150 e. The highest BCUT2D eigenvalue weighted by atomic mass is 32.2. The first kappa shape index (κ1) is 12.6. The summed E-state index contributed by atoms with van der Waals surface area (Å²) in [5, 5.41) is 7.49. The van der Waals surface area contributed by atoms with Gasteiger partial charge in [0, 0.05) is 24.8 Å². The lowest BCUT2D eigenvalue weighted by atomic mass is 10.1. The third-order valence-corrected chi connectivity index (χ3v) is 4.94. The second-order valence-corrected chi connectivity index (χ2v) is 6.83. The number of aromatic nitrogens is 2. The van der Waals surface area contributed by atoms with E-state index in [0.29, 0.717) is 11.5 Å². The molecule has 0 bridgehead atoms. The predicted molar refractivity (Wildman–Crippen MR) is 66.4 cm³/mol. The lowest BCUT2D eigenvalue weighted by molar-refractivity contribution is 0.520. The Hall–Kier alpha value is -0.880. The van der Waals surface area contributed by atoms with Gasteiger partial charge in [-0.15, -0.1) is 0 Å². The molecule has 1 atom stereocenters. The fourth-order valence-corrected chi connectivity index (χ4v) is 3.99. The van der Waals surface area contributed by atoms with Crippen LogP contribution < -0.4 is 5.32 Å². The molecule has 5 nitrogen and oxygen atoms in total. The summed E-state index contributed by atoms with van der Waals surface area (Å²) in [4.78, 5) is 0. The van der Waals surface area contributed by atoms with Crippen LogP contribution in [-0.2, 0) is 22.9 Å². The first-order valence-electron chi connectivity index (χ1n) is 6.01. The predicted octanol–water partition coefficient (Wildman–Crippen LogP) is 0.427. The minimum atomic E-state index is -2.75. The zero-order valence-corrected chi connectivity index (χ0v) is 10.9. The Morgan fingerprint density at radius 2 is 2.41 bits per heavy atom. The van der Waals surface area contributed by atoms with E-state index < -0.39 is 9.84 Å². The standard InChI is InChI=1S/C11H19N3O2S/c1-2-14-8-11(7-13-14)6-12-5-10-3-4-17(15,16)9-10/h7-8,10,12H,2-6,9H2,1H3. The van der Waals surface area contributed by atoms with Crippen LogP contribution in [0.2, 0.25) is 0 Å². The molecular weight excluding hydrogens is 238 g/mol. The van der Waals surface area contributed by atoms with E-state index in [0.717, 1.165) is 31.6 Å². The Morgan fingerprint density at radius 3 is 3.00 bits per heavy atom. The molecular formula is C11H19N3O2S. The minimum absolute atomic E-state index is 0.279. The van der Waals surface area contributed by atoms with E-state index in [-0.39, 0.29) is 5.92 Å². The van der Waals surface area contributed by atoms with E-state index in [1.807, 2.05) is 24.0 Å². The lowest BCUT2D eigenvalue weighted by Gasteiger charge is -2.08. The monoisotopic (exact) mass is 257 g/mol. The lowest BCUT2D eigenvalue weighted by Crippen LogP contribution is -2.23. The summed E-state index contributed by atoms with van der Waals surface area (Å²) in [6.45, 7) is 4.46. The maximum atomic E-state index is 11.3. The van der Waals surface area contributed by atoms with Gasteiger partial charge in [-0.1, -0.05) is 0 Å². The van der Waals surface area contributed by atoms with Crippen LogP contribution in [0.4, 0.5) is 0 Å². The number of rotatable bonds is 5. The summed E-state index contributed by atoms with van der Waals surface area (Å²) < 4.78 is 24.4. The van der Waals surface area contributed by atoms with Crippen LogP contribution in [0.3, 0.4) is 0 Å². The van der Waals surface area contributed by atoms with Crippen LogP contribution in [-0.4, -0.2) is 36.2 Å². The van der Waals surface area contributed by atoms with E-state index in [2.05, 4.69) is 10.4 Å². The van der Waals surface area contributed by atoms with Crippen molar-refractivity contribution in [3.05, 3.63) is 18.0 Å². The zero-order chi connectivity index (χ0) is 12.3. The Bertz CT molecular complexity index is 467. The number of nitrogens with one attached hydrogen (secondary N) is 1. The molecule has 1 aliphatic heterocycles. The van der Waals surface area contributed by atoms with Gasteiger partial charge >= 0.3 is 0 Å². The molecule has 1 saturated heterocycles. The van der Waals surface area contributed by atoms with Crippen molar-refractivity contribution in [2.45, 2.75) is 26.4 Å². The van der Waals surface area contributed by atoms with Gasteiger partial charge in [-0.05, 0) is 25.8 Å². The second-order valence-electron chi connectivity index (χ2n) is 4.60. The van der Waals surface area contributed by atoms with Crippen molar-refractivity contribution in [3.8, 4) is 0 Å². The molecule has 96 valence electrons. The highest BCUT2D eigenvalue weighted by molar-refractivity contribution is 7.91. The Morgan fingerprint density at radius 1 is 1.59 bits per heavy atom. The Labute approximate surface area is 102 Å². The molecule has 2 heterocycles. The van der Waals surface area contributed by atoms with E-state index in [1.54, 1.807) is 0 Å². The van der Waals surface area contributed by atoms with E-state index in [9.17, 15) is 8.42 Å². The van der Waals surface area contributed by atoms with E-state index >= 15 is 0 Å². The van der Waals surface area contributed by atoms with Gasteiger partial charge in [0.2, 0.25) is 0 Å². The average Bonchev–Trinajstić information content (AvgIpc) is 2.85. The van der Waals surface area contributed by atoms with Gasteiger partial charge in [-0.3, -0.25) is 4.68 Å². The molecule has 0 radical (unpaired) electrons. The molecule has 1 aromatic rings. The molecule has 0 amide bonds. The number of hydrogen-bond donors (Lipinski definition) is 1. The first-order valence-corrected chi connectivity index (χ1v) is 7.83. The van der Waals surface area contributed by atoms with E-state index in [1.165, 1.54) is 0 Å². The zero-order valence-electron chi connectivity index (χ0n) is 10.1. The summed E-state index contributed by atoms with van der Waals surface area (Å²) in [6.07, 6.45) is 4.66. The van der Waals surface area contributed by atoms with Crippen molar-refractivity contribution >= 4 is 9.84 Å². The van der Waals surface area contributed by atoms with Gasteiger partial charge in [0.25, 0.3) is 0 Å². The molecule has 1 fully saturated rings. The van der Waals surface area contributed by atoms with Crippen LogP contribution in [0.5, 0.6) is 0 Å². The third-order valence-electron chi connectivity index (χ3n) is 3.10. The minimum Gasteiger partial charge on any atom is -0.312 e. The second kappa shape index (κ2) is 5.18. The van der Waals surface area contributed by atoms with Crippen LogP contribution >= 0.6 is 0 Å². The molecule has 0 saturated carbocycles. The van der Waals surface area contributed by atoms with Gasteiger partial charge in [-0.25, -0.2) is 8.42 Å². The number of sulfone groups is 1. The molecule has 0 aliphatic carbocycles.